The molecule has 0 saturated heterocycles. The molecular weight excluding hydrogens is 436 g/mol. The Labute approximate surface area is 196 Å². The fourth-order valence-electron chi connectivity index (χ4n) is 4.09. The molecule has 0 aliphatic heterocycles. The van der Waals surface area contributed by atoms with Crippen LogP contribution in [0, 0.1) is 0 Å². The first-order chi connectivity index (χ1) is 16.4. The van der Waals surface area contributed by atoms with E-state index < -0.39 is 24.0 Å². The number of nitrogens with one attached hydrogen (secondary N) is 1. The molecule has 0 heterocycles. The van der Waals surface area contributed by atoms with Crippen LogP contribution < -0.4 is 15.8 Å². The number of hydrogen-bond acceptors (Lipinski definition) is 5. The number of alkyl carbamates (subject to hydrolysis) is 1. The smallest absolute Gasteiger partial charge is 0.407 e. The Morgan fingerprint density at radius 3 is 2.06 bits per heavy atom. The lowest BCUT2D eigenvalue weighted by Gasteiger charge is -2.17. The van der Waals surface area contributed by atoms with Crippen molar-refractivity contribution in [2.24, 2.45) is 5.73 Å². The number of amides is 2. The molecular formula is C26H24N2O6. The third kappa shape index (κ3) is 5.17. The first-order valence-corrected chi connectivity index (χ1v) is 10.8. The van der Waals surface area contributed by atoms with Gasteiger partial charge >= 0.3 is 12.1 Å². The van der Waals surface area contributed by atoms with E-state index in [-0.39, 0.29) is 25.6 Å². The maximum absolute atomic E-state index is 12.5. The van der Waals surface area contributed by atoms with Crippen molar-refractivity contribution in [2.45, 2.75) is 18.4 Å². The molecule has 3 aromatic rings. The Hall–Kier alpha value is -4.33. The fraction of sp³-hybridized carbons (Fsp3) is 0.192. The second-order valence-corrected chi connectivity index (χ2v) is 7.96. The van der Waals surface area contributed by atoms with Crippen LogP contribution in [0.1, 0.15) is 22.6 Å². The zero-order valence-electron chi connectivity index (χ0n) is 18.3. The third-order valence-electron chi connectivity index (χ3n) is 5.68. The molecule has 1 atom stereocenters. The van der Waals surface area contributed by atoms with Crippen molar-refractivity contribution in [3.05, 3.63) is 89.5 Å². The van der Waals surface area contributed by atoms with Crippen LogP contribution in [0.2, 0.25) is 0 Å². The molecule has 2 amide bonds. The highest BCUT2D eigenvalue weighted by Crippen LogP contribution is 2.44. The molecule has 4 N–H and O–H groups in total. The van der Waals surface area contributed by atoms with E-state index in [9.17, 15) is 19.5 Å². The Balaban J connectivity index is 1.37. The normalized spacial score (nSPS) is 12.8. The number of rotatable bonds is 9. The summed E-state index contributed by atoms with van der Waals surface area (Å²) in [6.45, 7) is -0.154. The summed E-state index contributed by atoms with van der Waals surface area (Å²) in [7, 11) is 0. The van der Waals surface area contributed by atoms with Crippen molar-refractivity contribution in [3.63, 3.8) is 0 Å². The number of primary amides is 1. The molecule has 3 aromatic carbocycles. The van der Waals surface area contributed by atoms with Crippen molar-refractivity contribution >= 4 is 18.0 Å². The van der Waals surface area contributed by atoms with Crippen LogP contribution in [-0.2, 0) is 20.7 Å². The van der Waals surface area contributed by atoms with Gasteiger partial charge in [0.2, 0.25) is 0 Å². The monoisotopic (exact) mass is 460 g/mol. The van der Waals surface area contributed by atoms with E-state index in [2.05, 4.69) is 5.32 Å². The van der Waals surface area contributed by atoms with Crippen molar-refractivity contribution < 1.29 is 29.0 Å². The molecule has 0 spiro atoms. The third-order valence-corrected chi connectivity index (χ3v) is 5.68. The van der Waals surface area contributed by atoms with Crippen LogP contribution in [-0.4, -0.2) is 42.3 Å². The minimum atomic E-state index is -1.18. The summed E-state index contributed by atoms with van der Waals surface area (Å²) >= 11 is 0. The first kappa shape index (κ1) is 22.8. The Morgan fingerprint density at radius 2 is 1.50 bits per heavy atom. The van der Waals surface area contributed by atoms with Crippen LogP contribution in [0.25, 0.3) is 11.1 Å². The van der Waals surface area contributed by atoms with Gasteiger partial charge < -0.3 is 25.6 Å². The molecule has 1 aliphatic rings. The number of carbonyl (C=O) groups excluding carboxylic acids is 2. The van der Waals surface area contributed by atoms with Gasteiger partial charge in [-0.15, -0.1) is 0 Å². The van der Waals surface area contributed by atoms with Gasteiger partial charge in [-0.2, -0.15) is 0 Å². The minimum Gasteiger partial charge on any atom is -0.484 e. The van der Waals surface area contributed by atoms with Crippen molar-refractivity contribution in [1.29, 1.82) is 0 Å². The SMILES string of the molecule is NC(=O)COc1ccc(C[C@H](NC(=O)OCC2c3ccccc3-c3ccccc32)C(=O)O)cc1. The van der Waals surface area contributed by atoms with Gasteiger partial charge in [0.1, 0.15) is 18.4 Å². The summed E-state index contributed by atoms with van der Waals surface area (Å²) < 4.78 is 10.6. The highest BCUT2D eigenvalue weighted by atomic mass is 16.5. The van der Waals surface area contributed by atoms with E-state index in [0.717, 1.165) is 22.3 Å². The summed E-state index contributed by atoms with van der Waals surface area (Å²) in [6, 6.07) is 21.3. The summed E-state index contributed by atoms with van der Waals surface area (Å²) in [6.07, 6.45) is -0.744. The number of carboxylic acids is 1. The van der Waals surface area contributed by atoms with Gasteiger partial charge in [-0.05, 0) is 39.9 Å². The Kier molecular flexibility index (Phi) is 6.77. The molecule has 8 nitrogen and oxygen atoms in total. The van der Waals surface area contributed by atoms with Crippen LogP contribution >= 0.6 is 0 Å². The zero-order valence-corrected chi connectivity index (χ0v) is 18.3. The van der Waals surface area contributed by atoms with E-state index in [1.807, 2.05) is 48.5 Å². The number of fused-ring (bicyclic) bond motifs is 3. The van der Waals surface area contributed by atoms with Crippen molar-refractivity contribution in [3.8, 4) is 16.9 Å². The topological polar surface area (TPSA) is 128 Å². The quantitative estimate of drug-likeness (QED) is 0.450. The van der Waals surface area contributed by atoms with E-state index in [1.54, 1.807) is 24.3 Å². The Morgan fingerprint density at radius 1 is 0.912 bits per heavy atom. The van der Waals surface area contributed by atoms with Crippen LogP contribution in [0.5, 0.6) is 5.75 Å². The number of nitrogens with two attached hydrogens (primary N) is 1. The summed E-state index contributed by atoms with van der Waals surface area (Å²) in [4.78, 5) is 35.0. The highest BCUT2D eigenvalue weighted by Gasteiger charge is 2.29. The standard InChI is InChI=1S/C26H24N2O6/c27-24(29)15-33-17-11-9-16(10-12-17)13-23(25(30)31)28-26(32)34-14-22-20-7-3-1-5-18(20)19-6-2-4-8-21(19)22/h1-12,22-23H,13-15H2,(H2,27,29)(H,28,32)(H,30,31)/t23-/m0/s1. The van der Waals surface area contributed by atoms with Crippen LogP contribution in [0.4, 0.5) is 4.79 Å². The average Bonchev–Trinajstić information content (AvgIpc) is 3.15. The second kappa shape index (κ2) is 10.1. The molecule has 0 radical (unpaired) electrons. The molecule has 0 bridgehead atoms. The van der Waals surface area contributed by atoms with E-state index in [4.69, 9.17) is 15.2 Å². The van der Waals surface area contributed by atoms with Gasteiger partial charge in [-0.25, -0.2) is 9.59 Å². The van der Waals surface area contributed by atoms with Crippen LogP contribution in [0.3, 0.4) is 0 Å². The van der Waals surface area contributed by atoms with Gasteiger partial charge in [0.15, 0.2) is 6.61 Å². The lowest BCUT2D eigenvalue weighted by molar-refractivity contribution is -0.139. The lowest BCUT2D eigenvalue weighted by atomic mass is 9.98. The van der Waals surface area contributed by atoms with Gasteiger partial charge in [-0.1, -0.05) is 60.7 Å². The van der Waals surface area contributed by atoms with Gasteiger partial charge in [0.25, 0.3) is 5.91 Å². The Bertz CT molecular complexity index is 1160. The first-order valence-electron chi connectivity index (χ1n) is 10.8. The predicted molar refractivity (Wildman–Crippen MR) is 124 cm³/mol. The predicted octanol–water partition coefficient (Wildman–Crippen LogP) is 3.09. The number of carbonyl (C=O) groups is 3. The molecule has 174 valence electrons. The van der Waals surface area contributed by atoms with Gasteiger partial charge in [0, 0.05) is 12.3 Å². The van der Waals surface area contributed by atoms with Crippen molar-refractivity contribution in [1.82, 2.24) is 5.32 Å². The second-order valence-electron chi connectivity index (χ2n) is 7.96. The molecule has 0 fully saturated rings. The largest absolute Gasteiger partial charge is 0.484 e. The molecule has 0 saturated carbocycles. The number of benzene rings is 3. The molecule has 1 aliphatic carbocycles. The maximum atomic E-state index is 12.5. The van der Waals surface area contributed by atoms with Crippen molar-refractivity contribution in [2.75, 3.05) is 13.2 Å². The van der Waals surface area contributed by atoms with E-state index >= 15 is 0 Å². The maximum Gasteiger partial charge on any atom is 0.407 e. The van der Waals surface area contributed by atoms with Gasteiger partial charge in [0.05, 0.1) is 0 Å². The number of aliphatic carboxylic acids is 1. The number of hydrogen-bond donors (Lipinski definition) is 3. The van der Waals surface area contributed by atoms with Gasteiger partial charge in [-0.3, -0.25) is 4.79 Å². The van der Waals surface area contributed by atoms with E-state index in [1.165, 1.54) is 0 Å². The number of ether oxygens (including phenoxy) is 2. The lowest BCUT2D eigenvalue weighted by Crippen LogP contribution is -2.42. The molecule has 0 unspecified atom stereocenters. The fourth-order valence-corrected chi connectivity index (χ4v) is 4.09. The summed E-state index contributed by atoms with van der Waals surface area (Å²) in [5.74, 6) is -1.46. The average molecular weight is 460 g/mol. The van der Waals surface area contributed by atoms with E-state index in [0.29, 0.717) is 11.3 Å². The molecule has 0 aromatic heterocycles. The summed E-state index contributed by atoms with van der Waals surface area (Å²) in [5.41, 5.74) is 10.1. The minimum absolute atomic E-state index is 0.0512. The summed E-state index contributed by atoms with van der Waals surface area (Å²) in [5, 5.41) is 12.0. The molecule has 34 heavy (non-hydrogen) atoms. The highest BCUT2D eigenvalue weighted by molar-refractivity contribution is 5.81. The molecule has 4 rings (SSSR count). The zero-order chi connectivity index (χ0) is 24.1. The number of carboxylic acid groups (broad SMARTS) is 1. The molecule has 8 heteroatoms. The van der Waals surface area contributed by atoms with Crippen LogP contribution in [0.15, 0.2) is 72.8 Å².